The third-order valence-corrected chi connectivity index (χ3v) is 18.4. The molecule has 0 amide bonds. The van der Waals surface area contributed by atoms with Crippen molar-refractivity contribution in [1.82, 2.24) is 0 Å². The molecule has 2 atom stereocenters. The molecule has 0 aromatic rings. The summed E-state index contributed by atoms with van der Waals surface area (Å²) in [5, 5.41) is 11.9. The van der Waals surface area contributed by atoms with Crippen molar-refractivity contribution in [3.05, 3.63) is 134 Å². The van der Waals surface area contributed by atoms with Crippen molar-refractivity contribution in [2.24, 2.45) is 0 Å². The number of esters is 2. The molecule has 9 heteroatoms. The molecule has 2 unspecified atom stereocenters. The fourth-order valence-corrected chi connectivity index (χ4v) is 12.0. The number of carbonyl (C=O) groups excluding carboxylic acids is 3. The van der Waals surface area contributed by atoms with Gasteiger partial charge in [0, 0.05) is 12.8 Å². The van der Waals surface area contributed by atoms with Crippen LogP contribution in [0.5, 0.6) is 0 Å². The van der Waals surface area contributed by atoms with Crippen LogP contribution in [0.25, 0.3) is 0 Å². The first-order valence-corrected chi connectivity index (χ1v) is 42.3. The second kappa shape index (κ2) is 81.1. The van der Waals surface area contributed by atoms with E-state index in [0.29, 0.717) is 23.9 Å². The lowest BCUT2D eigenvalue weighted by molar-refractivity contribution is -0.870. The zero-order valence-electron chi connectivity index (χ0n) is 66.5. The molecule has 0 bridgehead atoms. The fourth-order valence-electron chi connectivity index (χ4n) is 12.0. The highest BCUT2D eigenvalue weighted by Gasteiger charge is 2.22. The van der Waals surface area contributed by atoms with Gasteiger partial charge in [0.25, 0.3) is 0 Å². The van der Waals surface area contributed by atoms with Crippen molar-refractivity contribution in [2.45, 2.75) is 386 Å². The van der Waals surface area contributed by atoms with Gasteiger partial charge in [-0.3, -0.25) is 9.59 Å². The van der Waals surface area contributed by atoms with Crippen LogP contribution in [0.15, 0.2) is 134 Å². The Labute approximate surface area is 624 Å². The van der Waals surface area contributed by atoms with Gasteiger partial charge in [-0.05, 0) is 109 Å². The van der Waals surface area contributed by atoms with Crippen LogP contribution in [0.3, 0.4) is 0 Å². The molecule has 0 fully saturated rings. The summed E-state index contributed by atoms with van der Waals surface area (Å²) in [6.07, 6.45) is 114. The number of carbonyl (C=O) groups is 3. The molecule has 0 rings (SSSR count). The minimum atomic E-state index is -1.63. The van der Waals surface area contributed by atoms with E-state index in [-0.39, 0.29) is 32.2 Å². The molecular weight excluding hydrogens is 1250 g/mol. The third kappa shape index (κ3) is 82.6. The minimum Gasteiger partial charge on any atom is -0.545 e. The molecule has 101 heavy (non-hydrogen) atoms. The summed E-state index contributed by atoms with van der Waals surface area (Å²) < 4.78 is 22.9. The largest absolute Gasteiger partial charge is 0.545 e. The van der Waals surface area contributed by atoms with Crippen molar-refractivity contribution in [2.75, 3.05) is 47.5 Å². The van der Waals surface area contributed by atoms with Crippen LogP contribution in [0.2, 0.25) is 0 Å². The summed E-state index contributed by atoms with van der Waals surface area (Å²) in [4.78, 5) is 37.7. The number of unbranched alkanes of at least 4 members (excludes halogenated alkanes) is 41. The number of hydrogen-bond donors (Lipinski definition) is 0. The van der Waals surface area contributed by atoms with E-state index in [0.717, 1.165) is 103 Å². The third-order valence-electron chi connectivity index (χ3n) is 18.4. The van der Waals surface area contributed by atoms with Crippen LogP contribution in [0, 0.1) is 0 Å². The number of nitrogens with zero attached hydrogens (tertiary/aromatic N) is 1. The van der Waals surface area contributed by atoms with E-state index in [1.54, 1.807) is 0 Å². The Kier molecular flexibility index (Phi) is 77.4. The maximum atomic E-state index is 13.0. The topological polar surface area (TPSA) is 111 Å². The van der Waals surface area contributed by atoms with Gasteiger partial charge in [0.05, 0.1) is 40.3 Å². The number of rotatable bonds is 78. The van der Waals surface area contributed by atoms with E-state index in [2.05, 4.69) is 148 Å². The zero-order chi connectivity index (χ0) is 73.2. The Hall–Kier alpha value is -4.57. The monoisotopic (exact) mass is 1410 g/mol. The molecule has 0 N–H and O–H groups in total. The highest BCUT2D eigenvalue weighted by Crippen LogP contribution is 2.19. The second-order valence-electron chi connectivity index (χ2n) is 29.4. The van der Waals surface area contributed by atoms with Crippen molar-refractivity contribution in [3.63, 3.8) is 0 Å². The van der Waals surface area contributed by atoms with Crippen LogP contribution in [0.4, 0.5) is 0 Å². The summed E-state index contributed by atoms with van der Waals surface area (Å²) in [7, 11) is 5.95. The van der Waals surface area contributed by atoms with Gasteiger partial charge in [0.2, 0.25) is 0 Å². The molecule has 0 aromatic heterocycles. The van der Waals surface area contributed by atoms with Gasteiger partial charge in [-0.15, -0.1) is 0 Å². The van der Waals surface area contributed by atoms with Crippen LogP contribution in [-0.4, -0.2) is 82.3 Å². The summed E-state index contributed by atoms with van der Waals surface area (Å²) in [6.45, 7) is 4.57. The average Bonchev–Trinajstić information content (AvgIpc) is 1.21. The predicted molar refractivity (Wildman–Crippen MR) is 435 cm³/mol. The number of aliphatic carboxylic acids is 1. The van der Waals surface area contributed by atoms with E-state index >= 15 is 0 Å². The zero-order valence-corrected chi connectivity index (χ0v) is 66.5. The molecule has 0 aromatic carbocycles. The Morgan fingerprint density at radius 3 is 0.792 bits per heavy atom. The summed E-state index contributed by atoms with van der Waals surface area (Å²) in [5.74, 6) is -2.26. The summed E-state index contributed by atoms with van der Waals surface area (Å²) in [5.41, 5.74) is 0. The standard InChI is InChI=1S/C92H159NO8/c1-6-8-10-12-14-16-18-20-22-24-26-28-30-32-34-36-38-40-42-43-44-45-46-47-49-51-53-55-57-59-61-63-65-67-69-71-73-75-77-79-81-83-90(95)101-88(87-100-92(91(96)97)98-85-84-93(3,4)5)86-99-89(94)82-80-78-76-74-72-70-68-66-64-62-60-58-56-54-52-50-48-41-39-37-35-33-31-29-27-25-23-21-19-17-15-13-11-9-7-2/h8-11,14-17,20-23,26-29,32,34,38,40,43-44,88,92H,6-7,12-13,18-19,24-25,30-31,33,35-37,39,41-42,45-87H2,1-5H3/b10-8-,11-9-,16-14-,17-15-,22-20-,23-21-,28-26-,29-27-,34-32-,40-38-,44-43-. The minimum absolute atomic E-state index is 0.146. The highest BCUT2D eigenvalue weighted by molar-refractivity contribution is 5.70. The highest BCUT2D eigenvalue weighted by atomic mass is 16.7. The van der Waals surface area contributed by atoms with Gasteiger partial charge in [0.15, 0.2) is 12.4 Å². The first-order chi connectivity index (χ1) is 49.6. The first kappa shape index (κ1) is 96.4. The van der Waals surface area contributed by atoms with Gasteiger partial charge in [-0.2, -0.15) is 0 Å². The van der Waals surface area contributed by atoms with Crippen molar-refractivity contribution < 1.29 is 42.9 Å². The van der Waals surface area contributed by atoms with Gasteiger partial charge in [0.1, 0.15) is 13.2 Å². The van der Waals surface area contributed by atoms with Crippen LogP contribution < -0.4 is 5.11 Å². The van der Waals surface area contributed by atoms with E-state index in [1.807, 2.05) is 21.1 Å². The number of likely N-dealkylation sites (N-methyl/N-ethyl adjacent to an activating group) is 1. The van der Waals surface area contributed by atoms with E-state index in [9.17, 15) is 19.5 Å². The molecular formula is C92H159NO8. The van der Waals surface area contributed by atoms with Crippen LogP contribution >= 0.6 is 0 Å². The Balaban J connectivity index is 3.97. The molecule has 0 aliphatic heterocycles. The molecule has 0 radical (unpaired) electrons. The van der Waals surface area contributed by atoms with Gasteiger partial charge in [-0.25, -0.2) is 0 Å². The lowest BCUT2D eigenvalue weighted by atomic mass is 10.0. The number of allylic oxidation sites excluding steroid dienone is 22. The van der Waals surface area contributed by atoms with Crippen LogP contribution in [0.1, 0.15) is 373 Å². The number of carboxylic acid groups (broad SMARTS) is 1. The molecule has 0 saturated carbocycles. The SMILES string of the molecule is CC/C=C\C/C=C\C/C=C\C/C=C\C/C=C\C/C=C\C/C=C\CCCCCCCCCCCCCCCCCCCCCC(=O)OC(COC(=O)CCCCCCCCCCCCCCCCCCCCCCCC/C=C\C/C=C\C/C=C\C/C=C\CC)COC(OCC[N+](C)(C)C)C(=O)[O-]. The molecule has 0 saturated heterocycles. The number of ether oxygens (including phenoxy) is 4. The van der Waals surface area contributed by atoms with Crippen molar-refractivity contribution >= 4 is 17.9 Å². The second-order valence-corrected chi connectivity index (χ2v) is 29.4. The predicted octanol–water partition coefficient (Wildman–Crippen LogP) is 26.3. The van der Waals surface area contributed by atoms with Gasteiger partial charge >= 0.3 is 11.9 Å². The maximum Gasteiger partial charge on any atom is 0.306 e. The quantitative estimate of drug-likeness (QED) is 0.0195. The number of carboxylic acids is 1. The molecule has 9 nitrogen and oxygen atoms in total. The Morgan fingerprint density at radius 2 is 0.535 bits per heavy atom. The van der Waals surface area contributed by atoms with Gasteiger partial charge in [-0.1, -0.05) is 385 Å². The lowest BCUT2D eigenvalue weighted by Crippen LogP contribution is -2.44. The molecule has 580 valence electrons. The molecule has 0 spiro atoms. The normalized spacial score (nSPS) is 13.3. The molecule has 0 aliphatic carbocycles. The van der Waals surface area contributed by atoms with E-state index < -0.39 is 24.3 Å². The van der Waals surface area contributed by atoms with Crippen molar-refractivity contribution in [1.29, 1.82) is 0 Å². The van der Waals surface area contributed by atoms with E-state index in [4.69, 9.17) is 18.9 Å². The Morgan fingerprint density at radius 1 is 0.297 bits per heavy atom. The number of hydrogen-bond acceptors (Lipinski definition) is 8. The van der Waals surface area contributed by atoms with Crippen molar-refractivity contribution in [3.8, 4) is 0 Å². The first-order valence-electron chi connectivity index (χ1n) is 42.3. The molecule has 0 heterocycles. The summed E-state index contributed by atoms with van der Waals surface area (Å²) >= 11 is 0. The van der Waals surface area contributed by atoms with Crippen LogP contribution in [-0.2, 0) is 33.3 Å². The summed E-state index contributed by atoms with van der Waals surface area (Å²) in [6, 6.07) is 0. The lowest BCUT2D eigenvalue weighted by Gasteiger charge is -2.26. The average molecular weight is 1410 g/mol. The fraction of sp³-hybridized carbons (Fsp3) is 0.728. The smallest absolute Gasteiger partial charge is 0.306 e. The van der Waals surface area contributed by atoms with E-state index in [1.165, 1.54) is 238 Å². The van der Waals surface area contributed by atoms with Gasteiger partial charge < -0.3 is 33.3 Å². The number of quaternary nitrogens is 1. The molecule has 0 aliphatic rings. The Bertz CT molecular complexity index is 2130. The maximum absolute atomic E-state index is 13.0.